The molecule has 0 bridgehead atoms. The summed E-state index contributed by atoms with van der Waals surface area (Å²) in [5, 5.41) is 2.15. The van der Waals surface area contributed by atoms with Crippen LogP contribution in [-0.2, 0) is 15.7 Å². The molecule has 4 nitrogen and oxygen atoms in total. The molecule has 0 radical (unpaired) electrons. The number of benzene rings is 1. The van der Waals surface area contributed by atoms with E-state index in [1.807, 2.05) is 0 Å². The minimum Gasteiger partial charge on any atom is -0.467 e. The van der Waals surface area contributed by atoms with E-state index in [9.17, 15) is 22.8 Å². The van der Waals surface area contributed by atoms with Crippen molar-refractivity contribution in [2.24, 2.45) is 0 Å². The molecule has 1 rings (SSSR count). The van der Waals surface area contributed by atoms with Gasteiger partial charge in [-0.05, 0) is 19.1 Å². The van der Waals surface area contributed by atoms with Crippen LogP contribution in [-0.4, -0.2) is 25.0 Å². The first-order valence-electron chi connectivity index (χ1n) is 5.32. The van der Waals surface area contributed by atoms with Crippen molar-refractivity contribution in [1.29, 1.82) is 0 Å². The summed E-state index contributed by atoms with van der Waals surface area (Å²) < 4.78 is 42.5. The maximum absolute atomic E-state index is 12.7. The zero-order chi connectivity index (χ0) is 14.6. The number of halogens is 3. The van der Waals surface area contributed by atoms with Gasteiger partial charge in [-0.1, -0.05) is 12.1 Å². The van der Waals surface area contributed by atoms with Gasteiger partial charge in [0.1, 0.15) is 6.04 Å². The van der Waals surface area contributed by atoms with Gasteiger partial charge in [0.2, 0.25) is 0 Å². The maximum atomic E-state index is 12.7. The van der Waals surface area contributed by atoms with Gasteiger partial charge in [0.05, 0.1) is 18.2 Å². The van der Waals surface area contributed by atoms with E-state index in [4.69, 9.17) is 0 Å². The number of rotatable bonds is 3. The fourth-order valence-corrected chi connectivity index (χ4v) is 1.44. The van der Waals surface area contributed by atoms with Gasteiger partial charge in [0.25, 0.3) is 5.91 Å². The lowest BCUT2D eigenvalue weighted by atomic mass is 10.1. The predicted molar refractivity (Wildman–Crippen MR) is 60.4 cm³/mol. The Kier molecular flexibility index (Phi) is 4.52. The molecule has 0 saturated carbocycles. The number of carbonyl (C=O) groups is 2. The van der Waals surface area contributed by atoms with Gasteiger partial charge in [-0.2, -0.15) is 13.2 Å². The summed E-state index contributed by atoms with van der Waals surface area (Å²) in [6.45, 7) is 1.32. The number of nitrogens with one attached hydrogen (secondary N) is 1. The van der Waals surface area contributed by atoms with Crippen LogP contribution < -0.4 is 5.32 Å². The highest BCUT2D eigenvalue weighted by Crippen LogP contribution is 2.31. The highest BCUT2D eigenvalue weighted by molar-refractivity contribution is 5.98. The monoisotopic (exact) mass is 275 g/mol. The number of hydrogen-bond acceptors (Lipinski definition) is 3. The molecule has 0 aromatic heterocycles. The summed E-state index contributed by atoms with van der Waals surface area (Å²) in [4.78, 5) is 22.8. The minimum absolute atomic E-state index is 0.536. The number of esters is 1. The first-order chi connectivity index (χ1) is 8.77. The zero-order valence-corrected chi connectivity index (χ0v) is 10.2. The molecule has 19 heavy (non-hydrogen) atoms. The lowest BCUT2D eigenvalue weighted by Crippen LogP contribution is -2.39. The molecule has 7 heteroatoms. The Labute approximate surface area is 107 Å². The first-order valence-corrected chi connectivity index (χ1v) is 5.32. The molecule has 0 aliphatic carbocycles. The normalized spacial score (nSPS) is 12.7. The van der Waals surface area contributed by atoms with E-state index in [1.54, 1.807) is 0 Å². The molecule has 0 spiro atoms. The summed E-state index contributed by atoms with van der Waals surface area (Å²) in [6, 6.07) is 3.31. The molecule has 1 amide bonds. The van der Waals surface area contributed by atoms with Crippen LogP contribution in [0.15, 0.2) is 24.3 Å². The van der Waals surface area contributed by atoms with Crippen molar-refractivity contribution >= 4 is 11.9 Å². The zero-order valence-electron chi connectivity index (χ0n) is 10.2. The van der Waals surface area contributed by atoms with E-state index >= 15 is 0 Å². The van der Waals surface area contributed by atoms with Gasteiger partial charge in [-0.3, -0.25) is 4.79 Å². The van der Waals surface area contributed by atoms with Crippen molar-refractivity contribution in [1.82, 2.24) is 5.32 Å². The molecule has 1 aromatic rings. The van der Waals surface area contributed by atoms with E-state index in [2.05, 4.69) is 10.1 Å². The highest BCUT2D eigenvalue weighted by atomic mass is 19.4. The third-order valence-corrected chi connectivity index (χ3v) is 2.38. The van der Waals surface area contributed by atoms with Gasteiger partial charge in [0.15, 0.2) is 0 Å². The fraction of sp³-hybridized carbons (Fsp3) is 0.333. The molecule has 0 saturated heterocycles. The molecule has 0 aliphatic rings. The van der Waals surface area contributed by atoms with Gasteiger partial charge in [0, 0.05) is 0 Å². The number of amides is 1. The number of carbonyl (C=O) groups excluding carboxylic acids is 2. The number of methoxy groups -OCH3 is 1. The van der Waals surface area contributed by atoms with E-state index in [0.717, 1.165) is 19.2 Å². The van der Waals surface area contributed by atoms with Gasteiger partial charge >= 0.3 is 12.1 Å². The number of alkyl halides is 3. The Morgan fingerprint density at radius 1 is 1.26 bits per heavy atom. The van der Waals surface area contributed by atoms with Gasteiger partial charge in [-0.25, -0.2) is 4.79 Å². The second-order valence-corrected chi connectivity index (χ2v) is 3.76. The Hall–Kier alpha value is -2.05. The van der Waals surface area contributed by atoms with Crippen LogP contribution in [0.5, 0.6) is 0 Å². The molecule has 104 valence electrons. The smallest absolute Gasteiger partial charge is 0.417 e. The van der Waals surface area contributed by atoms with Crippen LogP contribution in [0.4, 0.5) is 13.2 Å². The van der Waals surface area contributed by atoms with Gasteiger partial charge < -0.3 is 10.1 Å². The maximum Gasteiger partial charge on any atom is 0.417 e. The highest BCUT2D eigenvalue weighted by Gasteiger charge is 2.35. The van der Waals surface area contributed by atoms with Crippen molar-refractivity contribution in [3.63, 3.8) is 0 Å². The summed E-state index contributed by atoms with van der Waals surface area (Å²) in [6.07, 6.45) is -4.64. The second kappa shape index (κ2) is 5.73. The first kappa shape index (κ1) is 15.0. The van der Waals surface area contributed by atoms with E-state index in [1.165, 1.54) is 19.1 Å². The Bertz CT molecular complexity index is 485. The molecule has 1 N–H and O–H groups in total. The minimum atomic E-state index is -4.64. The topological polar surface area (TPSA) is 55.4 Å². The van der Waals surface area contributed by atoms with Crippen molar-refractivity contribution in [2.75, 3.05) is 7.11 Å². The Balaban J connectivity index is 2.98. The SMILES string of the molecule is COC(=O)[C@@H](C)NC(=O)c1ccccc1C(F)(F)F. The third-order valence-electron chi connectivity index (χ3n) is 2.38. The van der Waals surface area contributed by atoms with Crippen LogP contribution in [0.25, 0.3) is 0 Å². The van der Waals surface area contributed by atoms with Crippen LogP contribution in [0.3, 0.4) is 0 Å². The number of ether oxygens (including phenoxy) is 1. The molecule has 0 unspecified atom stereocenters. The third kappa shape index (κ3) is 3.70. The fourth-order valence-electron chi connectivity index (χ4n) is 1.44. The summed E-state index contributed by atoms with van der Waals surface area (Å²) in [5.41, 5.74) is -1.59. The average molecular weight is 275 g/mol. The quantitative estimate of drug-likeness (QED) is 0.858. The van der Waals surface area contributed by atoms with E-state index in [0.29, 0.717) is 0 Å². The molecule has 0 heterocycles. The summed E-state index contributed by atoms with van der Waals surface area (Å²) >= 11 is 0. The van der Waals surface area contributed by atoms with E-state index < -0.39 is 35.2 Å². The average Bonchev–Trinajstić information content (AvgIpc) is 2.36. The summed E-state index contributed by atoms with van der Waals surface area (Å²) in [7, 11) is 1.12. The Morgan fingerprint density at radius 2 is 1.84 bits per heavy atom. The van der Waals surface area contributed by atoms with Crippen molar-refractivity contribution in [3.05, 3.63) is 35.4 Å². The summed E-state index contributed by atoms with van der Waals surface area (Å²) in [5.74, 6) is -1.72. The van der Waals surface area contributed by atoms with Crippen LogP contribution >= 0.6 is 0 Å². The largest absolute Gasteiger partial charge is 0.467 e. The lowest BCUT2D eigenvalue weighted by molar-refractivity contribution is -0.142. The van der Waals surface area contributed by atoms with Crippen LogP contribution in [0.1, 0.15) is 22.8 Å². The standard InChI is InChI=1S/C12H12F3NO3/c1-7(11(18)19-2)16-10(17)8-5-3-4-6-9(8)12(13,14)15/h3-7H,1-2H3,(H,16,17)/t7-/m1/s1. The molecular weight excluding hydrogens is 263 g/mol. The molecule has 0 aliphatic heterocycles. The van der Waals surface area contributed by atoms with Gasteiger partial charge in [-0.15, -0.1) is 0 Å². The predicted octanol–water partition coefficient (Wildman–Crippen LogP) is 2.00. The van der Waals surface area contributed by atoms with Crippen LogP contribution in [0.2, 0.25) is 0 Å². The van der Waals surface area contributed by atoms with Crippen molar-refractivity contribution < 1.29 is 27.5 Å². The Morgan fingerprint density at radius 3 is 2.37 bits per heavy atom. The lowest BCUT2D eigenvalue weighted by Gasteiger charge is -2.15. The van der Waals surface area contributed by atoms with Crippen molar-refractivity contribution in [2.45, 2.75) is 19.1 Å². The number of hydrogen-bond donors (Lipinski definition) is 1. The second-order valence-electron chi connectivity index (χ2n) is 3.76. The molecule has 1 atom stereocenters. The van der Waals surface area contributed by atoms with Crippen LogP contribution in [0, 0.1) is 0 Å². The molecular formula is C12H12F3NO3. The van der Waals surface area contributed by atoms with Crippen molar-refractivity contribution in [3.8, 4) is 0 Å². The molecule has 0 fully saturated rings. The van der Waals surface area contributed by atoms with E-state index in [-0.39, 0.29) is 0 Å². The molecule has 1 aromatic carbocycles.